The van der Waals surface area contributed by atoms with Crippen LogP contribution in [0.2, 0.25) is 0 Å². The fourth-order valence-corrected chi connectivity index (χ4v) is 5.14. The first-order valence-corrected chi connectivity index (χ1v) is 12.0. The van der Waals surface area contributed by atoms with Crippen LogP contribution in [-0.4, -0.2) is 68.3 Å². The summed E-state index contributed by atoms with van der Waals surface area (Å²) in [7, 11) is -2.32. The lowest BCUT2D eigenvalue weighted by Crippen LogP contribution is -2.37. The van der Waals surface area contributed by atoms with Crippen LogP contribution in [0.5, 0.6) is 11.5 Å². The van der Waals surface area contributed by atoms with Gasteiger partial charge in [0.15, 0.2) is 11.5 Å². The van der Waals surface area contributed by atoms with E-state index in [2.05, 4.69) is 0 Å². The Morgan fingerprint density at radius 1 is 1.09 bits per heavy atom. The molecule has 3 rings (SSSR count). The third-order valence-electron chi connectivity index (χ3n) is 5.41. The van der Waals surface area contributed by atoms with E-state index in [1.165, 1.54) is 28.4 Å². The molecule has 1 aliphatic rings. The summed E-state index contributed by atoms with van der Waals surface area (Å²) in [4.78, 5) is 25.9. The van der Waals surface area contributed by atoms with Crippen LogP contribution < -0.4 is 9.47 Å². The van der Waals surface area contributed by atoms with Gasteiger partial charge in [0, 0.05) is 32.2 Å². The number of rotatable bonds is 7. The average molecular weight is 478 g/mol. The molecule has 1 aliphatic heterocycles. The van der Waals surface area contributed by atoms with Gasteiger partial charge in [-0.25, -0.2) is 8.42 Å². The summed E-state index contributed by atoms with van der Waals surface area (Å²) < 4.78 is 38.0. The van der Waals surface area contributed by atoms with Crippen LogP contribution in [0.25, 0.3) is 0 Å². The maximum atomic E-state index is 13.2. The van der Waals surface area contributed by atoms with Crippen molar-refractivity contribution in [3.63, 3.8) is 0 Å². The van der Waals surface area contributed by atoms with E-state index in [0.717, 1.165) is 5.56 Å². The Morgan fingerprint density at radius 3 is 2.39 bits per heavy atom. The summed E-state index contributed by atoms with van der Waals surface area (Å²) in [6.07, 6.45) is 0.402. The maximum absolute atomic E-state index is 13.2. The molecule has 0 aliphatic carbocycles. The van der Waals surface area contributed by atoms with Crippen molar-refractivity contribution in [2.24, 2.45) is 0 Å². The van der Waals surface area contributed by atoms with E-state index in [9.17, 15) is 23.3 Å². The number of benzene rings is 2. The molecule has 2 aromatic carbocycles. The number of hydrogen-bond donors (Lipinski definition) is 0. The summed E-state index contributed by atoms with van der Waals surface area (Å²) in [6, 6.07) is 9.08. The highest BCUT2D eigenvalue weighted by atomic mass is 32.2. The molecule has 0 saturated carbocycles. The Bertz CT molecular complexity index is 1130. The van der Waals surface area contributed by atoms with Crippen molar-refractivity contribution in [2.75, 3.05) is 39.9 Å². The number of nitrogens with zero attached hydrogens (tertiary/aromatic N) is 3. The third-order valence-corrected chi connectivity index (χ3v) is 7.32. The molecule has 0 bridgehead atoms. The maximum Gasteiger partial charge on any atom is 0.286 e. The fourth-order valence-electron chi connectivity index (χ4n) is 3.67. The zero-order chi connectivity index (χ0) is 24.2. The lowest BCUT2D eigenvalue weighted by atomic mass is 10.1. The van der Waals surface area contributed by atoms with Gasteiger partial charge in [-0.1, -0.05) is 17.7 Å². The summed E-state index contributed by atoms with van der Waals surface area (Å²) in [5, 5.41) is 11.6. The van der Waals surface area contributed by atoms with Crippen LogP contribution in [0.4, 0.5) is 5.69 Å². The van der Waals surface area contributed by atoms with E-state index in [-0.39, 0.29) is 54.7 Å². The number of methoxy groups -OCH3 is 1. The lowest BCUT2D eigenvalue weighted by Gasteiger charge is -2.22. The number of amides is 1. The van der Waals surface area contributed by atoms with Crippen molar-refractivity contribution in [3.05, 3.63) is 57.6 Å². The van der Waals surface area contributed by atoms with Gasteiger partial charge in [-0.15, -0.1) is 0 Å². The number of nitro groups is 1. The number of aryl methyl sites for hydroxylation is 1. The van der Waals surface area contributed by atoms with E-state index in [1.54, 1.807) is 31.2 Å². The molecule has 1 saturated heterocycles. The molecule has 1 amide bonds. The highest BCUT2D eigenvalue weighted by molar-refractivity contribution is 7.89. The summed E-state index contributed by atoms with van der Waals surface area (Å²) in [6.45, 7) is 4.59. The lowest BCUT2D eigenvalue weighted by molar-refractivity contribution is -0.385. The van der Waals surface area contributed by atoms with E-state index >= 15 is 0 Å². The predicted molar refractivity (Wildman–Crippen MR) is 121 cm³/mol. The van der Waals surface area contributed by atoms with Crippen LogP contribution in [0.15, 0.2) is 41.3 Å². The van der Waals surface area contributed by atoms with Crippen LogP contribution >= 0.6 is 0 Å². The van der Waals surface area contributed by atoms with E-state index in [1.807, 2.05) is 6.92 Å². The number of ether oxygens (including phenoxy) is 2. The quantitative estimate of drug-likeness (QED) is 0.444. The van der Waals surface area contributed by atoms with Crippen LogP contribution in [0.1, 0.15) is 29.3 Å². The van der Waals surface area contributed by atoms with Crippen molar-refractivity contribution in [3.8, 4) is 11.5 Å². The second kappa shape index (κ2) is 10.2. The molecule has 10 nitrogen and oxygen atoms in total. The van der Waals surface area contributed by atoms with Gasteiger partial charge in [0.05, 0.1) is 29.6 Å². The Kier molecular flexibility index (Phi) is 7.54. The molecule has 2 aromatic rings. The second-order valence-corrected chi connectivity index (χ2v) is 9.51. The molecule has 0 N–H and O–H groups in total. The molecule has 0 aromatic heterocycles. The molecule has 11 heteroatoms. The zero-order valence-corrected chi connectivity index (χ0v) is 19.6. The number of carbonyl (C=O) groups is 1. The van der Waals surface area contributed by atoms with Crippen molar-refractivity contribution < 1.29 is 27.6 Å². The van der Waals surface area contributed by atoms with Gasteiger partial charge in [-0.2, -0.15) is 4.31 Å². The Labute approximate surface area is 192 Å². The van der Waals surface area contributed by atoms with Crippen molar-refractivity contribution in [2.45, 2.75) is 25.2 Å². The average Bonchev–Trinajstić information content (AvgIpc) is 3.05. The molecule has 1 heterocycles. The monoisotopic (exact) mass is 477 g/mol. The topological polar surface area (TPSA) is 119 Å². The Balaban J connectivity index is 1.85. The standard InChI is InChI=1S/C22H27N3O7S/c1-4-32-21-15-19(25(27)28)18(14-20(21)31-3)22(26)23-10-5-11-24(13-12-23)33(29,30)17-8-6-16(2)7-9-17/h6-9,14-15H,4-5,10-13H2,1-3H3. The molecule has 0 atom stereocenters. The van der Waals surface area contributed by atoms with Crippen LogP contribution in [-0.2, 0) is 10.0 Å². The molecule has 33 heavy (non-hydrogen) atoms. The van der Waals surface area contributed by atoms with Crippen molar-refractivity contribution in [1.82, 2.24) is 9.21 Å². The van der Waals surface area contributed by atoms with Gasteiger partial charge in [-0.05, 0) is 32.4 Å². The largest absolute Gasteiger partial charge is 0.493 e. The third kappa shape index (κ3) is 5.25. The van der Waals surface area contributed by atoms with Gasteiger partial charge < -0.3 is 14.4 Å². The smallest absolute Gasteiger partial charge is 0.286 e. The number of carbonyl (C=O) groups excluding carboxylic acids is 1. The summed E-state index contributed by atoms with van der Waals surface area (Å²) >= 11 is 0. The van der Waals surface area contributed by atoms with Crippen LogP contribution in [0, 0.1) is 17.0 Å². The first kappa shape index (κ1) is 24.5. The minimum Gasteiger partial charge on any atom is -0.493 e. The van der Waals surface area contributed by atoms with Crippen LogP contribution in [0.3, 0.4) is 0 Å². The van der Waals surface area contributed by atoms with Crippen molar-refractivity contribution in [1.29, 1.82) is 0 Å². The Morgan fingerprint density at radius 2 is 1.79 bits per heavy atom. The highest BCUT2D eigenvalue weighted by Crippen LogP contribution is 2.35. The van der Waals surface area contributed by atoms with E-state index in [4.69, 9.17) is 9.47 Å². The van der Waals surface area contributed by atoms with Gasteiger partial charge in [0.2, 0.25) is 10.0 Å². The normalized spacial score (nSPS) is 15.1. The predicted octanol–water partition coefficient (Wildman–Crippen LogP) is 2.85. The first-order chi connectivity index (χ1) is 15.7. The highest BCUT2D eigenvalue weighted by Gasteiger charge is 2.32. The second-order valence-electron chi connectivity index (χ2n) is 7.57. The number of sulfonamides is 1. The minimum atomic E-state index is -3.71. The minimum absolute atomic E-state index is 0.0872. The SMILES string of the molecule is CCOc1cc([N+](=O)[O-])c(C(=O)N2CCCN(S(=O)(=O)c3ccc(C)cc3)CC2)cc1OC. The fraction of sp³-hybridized carbons (Fsp3) is 0.409. The van der Waals surface area contributed by atoms with Gasteiger partial charge >= 0.3 is 0 Å². The Hall–Kier alpha value is -3.18. The molecule has 0 radical (unpaired) electrons. The van der Waals surface area contributed by atoms with Crippen molar-refractivity contribution >= 4 is 21.6 Å². The van der Waals surface area contributed by atoms with Gasteiger partial charge in [0.25, 0.3) is 11.6 Å². The molecule has 0 unspecified atom stereocenters. The van der Waals surface area contributed by atoms with E-state index in [0.29, 0.717) is 6.42 Å². The molecular weight excluding hydrogens is 450 g/mol. The molecule has 1 fully saturated rings. The summed E-state index contributed by atoms with van der Waals surface area (Å²) in [5.74, 6) is -0.170. The van der Waals surface area contributed by atoms with Gasteiger partial charge in [0.1, 0.15) is 5.56 Å². The number of hydrogen-bond acceptors (Lipinski definition) is 7. The van der Waals surface area contributed by atoms with Gasteiger partial charge in [-0.3, -0.25) is 14.9 Å². The molecule has 178 valence electrons. The molecular formula is C22H27N3O7S. The first-order valence-electron chi connectivity index (χ1n) is 10.5. The number of nitro benzene ring substituents is 1. The summed E-state index contributed by atoms with van der Waals surface area (Å²) in [5.41, 5.74) is 0.432. The van der Waals surface area contributed by atoms with E-state index < -0.39 is 26.5 Å². The molecule has 0 spiro atoms. The zero-order valence-electron chi connectivity index (χ0n) is 18.8.